The lowest BCUT2D eigenvalue weighted by Gasteiger charge is -2.07. The van der Waals surface area contributed by atoms with E-state index in [0.29, 0.717) is 13.0 Å². The molecule has 1 aliphatic rings. The van der Waals surface area contributed by atoms with Crippen LogP contribution >= 0.6 is 0 Å². The summed E-state index contributed by atoms with van der Waals surface area (Å²) in [5, 5.41) is 3.11. The summed E-state index contributed by atoms with van der Waals surface area (Å²) in [5.41, 5.74) is 0. The number of nitrogens with zero attached hydrogens (tertiary/aromatic N) is 1. The van der Waals surface area contributed by atoms with Crippen molar-refractivity contribution in [3.8, 4) is 0 Å². The van der Waals surface area contributed by atoms with E-state index in [1.54, 1.807) is 0 Å². The van der Waals surface area contributed by atoms with Crippen molar-refractivity contribution in [3.63, 3.8) is 0 Å². The highest BCUT2D eigenvalue weighted by molar-refractivity contribution is 7.85. The first-order valence-electron chi connectivity index (χ1n) is 5.30. The topological polar surface area (TPSA) is 78.8 Å². The maximum absolute atomic E-state index is 10.4. The van der Waals surface area contributed by atoms with Crippen LogP contribution in [-0.4, -0.2) is 37.6 Å². The summed E-state index contributed by atoms with van der Waals surface area (Å²) >= 11 is 0. The normalized spacial score (nSPS) is 18.1. The number of hydrogen-bond acceptors (Lipinski definition) is 4. The maximum atomic E-state index is 10.4. The molecule has 1 heterocycles. The van der Waals surface area contributed by atoms with Gasteiger partial charge < -0.3 is 5.32 Å². The van der Waals surface area contributed by atoms with Crippen LogP contribution in [0.5, 0.6) is 0 Å². The number of hydrogen-bond donors (Lipinski definition) is 2. The Morgan fingerprint density at radius 1 is 1.33 bits per heavy atom. The molecular weight excluding hydrogens is 216 g/mol. The van der Waals surface area contributed by atoms with E-state index in [1.807, 2.05) is 0 Å². The third-order valence-corrected chi connectivity index (χ3v) is 3.09. The average Bonchev–Trinajstić information content (AvgIpc) is 2.39. The molecule has 0 spiro atoms. The molecule has 15 heavy (non-hydrogen) atoms. The third-order valence-electron chi connectivity index (χ3n) is 2.28. The summed E-state index contributed by atoms with van der Waals surface area (Å²) in [6.45, 7) is 1.42. The van der Waals surface area contributed by atoms with Gasteiger partial charge in [0.2, 0.25) is 0 Å². The van der Waals surface area contributed by atoms with E-state index in [0.717, 1.165) is 31.6 Å². The fourth-order valence-electron chi connectivity index (χ4n) is 1.51. The highest BCUT2D eigenvalue weighted by Gasteiger charge is 2.05. The van der Waals surface area contributed by atoms with Gasteiger partial charge in [-0.25, -0.2) is 0 Å². The molecule has 6 heteroatoms. The second-order valence-electron chi connectivity index (χ2n) is 3.71. The van der Waals surface area contributed by atoms with Gasteiger partial charge in [-0.3, -0.25) is 9.55 Å². The minimum absolute atomic E-state index is 0.187. The van der Waals surface area contributed by atoms with Gasteiger partial charge in [-0.1, -0.05) is 6.42 Å². The summed E-state index contributed by atoms with van der Waals surface area (Å²) in [5.74, 6) is 0.788. The molecule has 0 fully saturated rings. The van der Waals surface area contributed by atoms with E-state index in [9.17, 15) is 8.42 Å². The van der Waals surface area contributed by atoms with Gasteiger partial charge in [-0.15, -0.1) is 0 Å². The quantitative estimate of drug-likeness (QED) is 0.558. The van der Waals surface area contributed by atoms with E-state index in [2.05, 4.69) is 10.3 Å². The first-order chi connectivity index (χ1) is 7.08. The lowest BCUT2D eigenvalue weighted by atomic mass is 10.2. The first-order valence-corrected chi connectivity index (χ1v) is 6.91. The molecule has 1 rings (SSSR count). The molecule has 0 aromatic carbocycles. The SMILES string of the molecule is O=S(=O)(O)CCCNC1=NCCCCC1. The molecular formula is C9H18N2O3S. The molecule has 0 aromatic rings. The van der Waals surface area contributed by atoms with Crippen molar-refractivity contribution >= 4 is 16.0 Å². The third kappa shape index (κ3) is 6.46. The van der Waals surface area contributed by atoms with Crippen molar-refractivity contribution < 1.29 is 13.0 Å². The fourth-order valence-corrected chi connectivity index (χ4v) is 2.01. The van der Waals surface area contributed by atoms with Crippen LogP contribution < -0.4 is 5.32 Å². The van der Waals surface area contributed by atoms with Crippen LogP contribution in [0.2, 0.25) is 0 Å². The van der Waals surface area contributed by atoms with E-state index >= 15 is 0 Å². The highest BCUT2D eigenvalue weighted by Crippen LogP contribution is 2.05. The summed E-state index contributed by atoms with van der Waals surface area (Å²) < 4.78 is 29.4. The Morgan fingerprint density at radius 3 is 2.87 bits per heavy atom. The van der Waals surface area contributed by atoms with Crippen LogP contribution in [0.1, 0.15) is 32.1 Å². The smallest absolute Gasteiger partial charge is 0.264 e. The molecule has 0 bridgehead atoms. The maximum Gasteiger partial charge on any atom is 0.264 e. The molecule has 0 unspecified atom stereocenters. The molecule has 0 aliphatic carbocycles. The Kier molecular flexibility index (Phi) is 5.04. The standard InChI is InChI=1S/C9H18N2O3S/c12-15(13,14)8-4-7-11-9-5-2-1-3-6-10-9/h1-8H2,(H,10,11)(H,12,13,14). The summed E-state index contributed by atoms with van der Waals surface area (Å²) in [4.78, 5) is 4.35. The summed E-state index contributed by atoms with van der Waals surface area (Å²) in [6.07, 6.45) is 4.85. The van der Waals surface area contributed by atoms with Gasteiger partial charge >= 0.3 is 0 Å². The van der Waals surface area contributed by atoms with Gasteiger partial charge in [-0.2, -0.15) is 8.42 Å². The van der Waals surface area contributed by atoms with Gasteiger partial charge in [0.05, 0.1) is 11.6 Å². The molecule has 0 saturated carbocycles. The molecule has 0 atom stereocenters. The number of aliphatic imine (C=N–C) groups is 1. The Morgan fingerprint density at radius 2 is 2.13 bits per heavy atom. The van der Waals surface area contributed by atoms with E-state index in [4.69, 9.17) is 4.55 Å². The minimum atomic E-state index is -3.81. The molecule has 1 aliphatic heterocycles. The highest BCUT2D eigenvalue weighted by atomic mass is 32.2. The summed E-state index contributed by atoms with van der Waals surface area (Å²) in [6, 6.07) is 0. The van der Waals surface area contributed by atoms with Crippen molar-refractivity contribution in [3.05, 3.63) is 0 Å². The van der Waals surface area contributed by atoms with Crippen LogP contribution in [0, 0.1) is 0 Å². The van der Waals surface area contributed by atoms with Crippen LogP contribution in [0.15, 0.2) is 4.99 Å². The molecule has 5 nitrogen and oxygen atoms in total. The fraction of sp³-hybridized carbons (Fsp3) is 0.889. The van der Waals surface area contributed by atoms with Gasteiger partial charge in [0.25, 0.3) is 10.1 Å². The Hall–Kier alpha value is -0.620. The predicted molar refractivity (Wildman–Crippen MR) is 59.8 cm³/mol. The summed E-state index contributed by atoms with van der Waals surface area (Å²) in [7, 11) is -3.81. The van der Waals surface area contributed by atoms with E-state index in [-0.39, 0.29) is 5.75 Å². The number of rotatable bonds is 4. The van der Waals surface area contributed by atoms with Crippen molar-refractivity contribution in [2.24, 2.45) is 4.99 Å². The average molecular weight is 234 g/mol. The monoisotopic (exact) mass is 234 g/mol. The zero-order valence-corrected chi connectivity index (χ0v) is 9.59. The zero-order chi connectivity index (χ0) is 11.1. The van der Waals surface area contributed by atoms with Gasteiger partial charge in [0.15, 0.2) is 0 Å². The largest absolute Gasteiger partial charge is 0.374 e. The van der Waals surface area contributed by atoms with Crippen LogP contribution in [0.3, 0.4) is 0 Å². The Balaban J connectivity index is 2.16. The first kappa shape index (κ1) is 12.4. The minimum Gasteiger partial charge on any atom is -0.374 e. The zero-order valence-electron chi connectivity index (χ0n) is 8.78. The van der Waals surface area contributed by atoms with Crippen LogP contribution in [0.4, 0.5) is 0 Å². The predicted octanol–water partition coefficient (Wildman–Crippen LogP) is 0.826. The molecule has 2 N–H and O–H groups in total. The lowest BCUT2D eigenvalue weighted by Crippen LogP contribution is -2.25. The van der Waals surface area contributed by atoms with Gasteiger partial charge in [-0.05, 0) is 19.3 Å². The van der Waals surface area contributed by atoms with Crippen LogP contribution in [0.25, 0.3) is 0 Å². The molecule has 0 radical (unpaired) electrons. The van der Waals surface area contributed by atoms with E-state index in [1.165, 1.54) is 6.42 Å². The second-order valence-corrected chi connectivity index (χ2v) is 5.28. The molecule has 0 aromatic heterocycles. The van der Waals surface area contributed by atoms with E-state index < -0.39 is 10.1 Å². The number of nitrogens with one attached hydrogen (secondary N) is 1. The van der Waals surface area contributed by atoms with Crippen LogP contribution in [-0.2, 0) is 10.1 Å². The lowest BCUT2D eigenvalue weighted by molar-refractivity contribution is 0.481. The van der Waals surface area contributed by atoms with Crippen molar-refractivity contribution in [1.29, 1.82) is 0 Å². The molecule has 88 valence electrons. The Bertz CT molecular complexity index is 311. The van der Waals surface area contributed by atoms with Crippen molar-refractivity contribution in [2.75, 3.05) is 18.8 Å². The number of amidine groups is 1. The van der Waals surface area contributed by atoms with Gasteiger partial charge in [0.1, 0.15) is 0 Å². The molecule has 0 amide bonds. The van der Waals surface area contributed by atoms with Crippen molar-refractivity contribution in [2.45, 2.75) is 32.1 Å². The van der Waals surface area contributed by atoms with Gasteiger partial charge in [0, 0.05) is 19.5 Å². The second kappa shape index (κ2) is 6.07. The van der Waals surface area contributed by atoms with Crippen molar-refractivity contribution in [1.82, 2.24) is 5.32 Å². The Labute approximate surface area is 90.7 Å². The molecule has 0 saturated heterocycles.